The van der Waals surface area contributed by atoms with Gasteiger partial charge in [-0.05, 0) is 42.5 Å². The molecule has 0 aliphatic heterocycles. The first kappa shape index (κ1) is 13.0. The summed E-state index contributed by atoms with van der Waals surface area (Å²) in [7, 11) is 4.19. The van der Waals surface area contributed by atoms with Crippen molar-refractivity contribution >= 4 is 5.69 Å². The molecule has 1 unspecified atom stereocenters. The Morgan fingerprint density at radius 1 is 1.31 bits per heavy atom. The summed E-state index contributed by atoms with van der Waals surface area (Å²) in [5.41, 5.74) is 9.80. The van der Waals surface area contributed by atoms with E-state index in [0.717, 1.165) is 19.4 Å². The smallest absolute Gasteiger partial charge is 0.0396 e. The largest absolute Gasteiger partial charge is 0.377 e. The van der Waals surface area contributed by atoms with Gasteiger partial charge in [0.1, 0.15) is 0 Å². The van der Waals surface area contributed by atoms with Crippen molar-refractivity contribution in [3.8, 4) is 0 Å². The number of anilines is 1. The highest BCUT2D eigenvalue weighted by Gasteiger charge is 2.11. The Morgan fingerprint density at radius 3 is 2.50 bits per heavy atom. The van der Waals surface area contributed by atoms with Crippen LogP contribution in [0.25, 0.3) is 0 Å². The zero-order chi connectivity index (χ0) is 12.1. The molecule has 1 atom stereocenters. The van der Waals surface area contributed by atoms with E-state index >= 15 is 0 Å². The van der Waals surface area contributed by atoms with E-state index in [4.69, 9.17) is 5.73 Å². The van der Waals surface area contributed by atoms with Crippen LogP contribution < -0.4 is 10.6 Å². The van der Waals surface area contributed by atoms with Crippen LogP contribution in [0.2, 0.25) is 0 Å². The summed E-state index contributed by atoms with van der Waals surface area (Å²) in [6.07, 6.45) is 2.14. The molecule has 0 aliphatic carbocycles. The fraction of sp³-hybridized carbons (Fsp3) is 0.571. The summed E-state index contributed by atoms with van der Waals surface area (Å²) in [6, 6.07) is 6.77. The summed E-state index contributed by atoms with van der Waals surface area (Å²) < 4.78 is 0. The molecule has 2 nitrogen and oxygen atoms in total. The summed E-state index contributed by atoms with van der Waals surface area (Å²) >= 11 is 0. The average molecular weight is 220 g/mol. The topological polar surface area (TPSA) is 29.3 Å². The maximum Gasteiger partial charge on any atom is 0.0396 e. The van der Waals surface area contributed by atoms with Crippen molar-refractivity contribution in [2.24, 2.45) is 5.73 Å². The second-order valence-electron chi connectivity index (χ2n) is 4.62. The lowest BCUT2D eigenvalue weighted by Gasteiger charge is -2.22. The summed E-state index contributed by atoms with van der Waals surface area (Å²) in [6.45, 7) is 5.21. The van der Waals surface area contributed by atoms with Crippen LogP contribution in [0.3, 0.4) is 0 Å². The van der Waals surface area contributed by atoms with E-state index < -0.39 is 0 Å². The summed E-state index contributed by atoms with van der Waals surface area (Å²) in [5, 5.41) is 0. The maximum atomic E-state index is 5.65. The van der Waals surface area contributed by atoms with Crippen molar-refractivity contribution in [1.29, 1.82) is 0 Å². The summed E-state index contributed by atoms with van der Waals surface area (Å²) in [4.78, 5) is 2.18. The van der Waals surface area contributed by atoms with Crippen molar-refractivity contribution < 1.29 is 0 Å². The van der Waals surface area contributed by atoms with Crippen LogP contribution in [0.15, 0.2) is 18.2 Å². The summed E-state index contributed by atoms with van der Waals surface area (Å²) in [5.74, 6) is 0.536. The van der Waals surface area contributed by atoms with Gasteiger partial charge in [0.15, 0.2) is 0 Å². The highest BCUT2D eigenvalue weighted by Crippen LogP contribution is 2.29. The van der Waals surface area contributed by atoms with Crippen molar-refractivity contribution in [2.75, 3.05) is 25.5 Å². The molecule has 0 spiro atoms. The molecule has 1 aromatic rings. The van der Waals surface area contributed by atoms with E-state index in [1.165, 1.54) is 16.8 Å². The second kappa shape index (κ2) is 5.90. The minimum Gasteiger partial charge on any atom is -0.377 e. The fourth-order valence-electron chi connectivity index (χ4n) is 2.03. The third-order valence-corrected chi connectivity index (χ3v) is 3.11. The molecule has 2 N–H and O–H groups in total. The van der Waals surface area contributed by atoms with Crippen LogP contribution in [0.1, 0.15) is 37.3 Å². The monoisotopic (exact) mass is 220 g/mol. The first-order valence-electron chi connectivity index (χ1n) is 6.10. The first-order valence-corrected chi connectivity index (χ1v) is 6.10. The Balaban J connectivity index is 3.09. The molecular formula is C14H24N2. The standard InChI is InChI=1S/C14H24N2/c1-5-12-6-7-14(16(3)4)13(10-12)11(2)8-9-15/h6-7,10-11H,5,8-9,15H2,1-4H3. The Morgan fingerprint density at radius 2 is 2.00 bits per heavy atom. The Labute approximate surface area is 99.5 Å². The molecule has 0 heterocycles. The van der Waals surface area contributed by atoms with Gasteiger partial charge in [0.2, 0.25) is 0 Å². The lowest BCUT2D eigenvalue weighted by atomic mass is 9.93. The molecule has 0 saturated carbocycles. The fourth-order valence-corrected chi connectivity index (χ4v) is 2.03. The zero-order valence-corrected chi connectivity index (χ0v) is 11.0. The minimum absolute atomic E-state index is 0.536. The zero-order valence-electron chi connectivity index (χ0n) is 11.0. The lowest BCUT2D eigenvalue weighted by molar-refractivity contribution is 0.688. The van der Waals surface area contributed by atoms with E-state index in [1.54, 1.807) is 0 Å². The Kier molecular flexibility index (Phi) is 4.81. The van der Waals surface area contributed by atoms with Gasteiger partial charge in [0.25, 0.3) is 0 Å². The van der Waals surface area contributed by atoms with E-state index in [0.29, 0.717) is 5.92 Å². The van der Waals surface area contributed by atoms with E-state index in [-0.39, 0.29) is 0 Å². The highest BCUT2D eigenvalue weighted by molar-refractivity contribution is 5.55. The molecular weight excluding hydrogens is 196 g/mol. The van der Waals surface area contributed by atoms with Gasteiger partial charge in [-0.25, -0.2) is 0 Å². The van der Waals surface area contributed by atoms with E-state index in [2.05, 4.69) is 51.0 Å². The maximum absolute atomic E-state index is 5.65. The molecule has 0 fully saturated rings. The highest BCUT2D eigenvalue weighted by atomic mass is 15.1. The Bertz CT molecular complexity index is 332. The van der Waals surface area contributed by atoms with Crippen LogP contribution in [-0.2, 0) is 6.42 Å². The number of nitrogens with two attached hydrogens (primary N) is 1. The minimum atomic E-state index is 0.536. The third-order valence-electron chi connectivity index (χ3n) is 3.11. The molecule has 0 saturated heterocycles. The van der Waals surface area contributed by atoms with Crippen molar-refractivity contribution in [1.82, 2.24) is 0 Å². The molecule has 1 rings (SSSR count). The first-order chi connectivity index (χ1) is 7.60. The molecule has 16 heavy (non-hydrogen) atoms. The predicted octanol–water partition coefficient (Wildman–Crippen LogP) is 2.77. The molecule has 0 aromatic heterocycles. The molecule has 0 aliphatic rings. The van der Waals surface area contributed by atoms with Gasteiger partial charge in [-0.2, -0.15) is 0 Å². The number of benzene rings is 1. The molecule has 0 bridgehead atoms. The van der Waals surface area contributed by atoms with Crippen LogP contribution in [0.4, 0.5) is 5.69 Å². The number of rotatable bonds is 5. The van der Waals surface area contributed by atoms with Crippen LogP contribution in [0.5, 0.6) is 0 Å². The lowest BCUT2D eigenvalue weighted by Crippen LogP contribution is -2.14. The second-order valence-corrected chi connectivity index (χ2v) is 4.62. The molecule has 0 radical (unpaired) electrons. The van der Waals surface area contributed by atoms with Gasteiger partial charge in [0.05, 0.1) is 0 Å². The van der Waals surface area contributed by atoms with Gasteiger partial charge < -0.3 is 10.6 Å². The van der Waals surface area contributed by atoms with Crippen LogP contribution >= 0.6 is 0 Å². The number of hydrogen-bond donors (Lipinski definition) is 1. The number of hydrogen-bond acceptors (Lipinski definition) is 2. The number of aryl methyl sites for hydroxylation is 1. The molecule has 90 valence electrons. The van der Waals surface area contributed by atoms with Crippen LogP contribution in [0, 0.1) is 0 Å². The predicted molar refractivity (Wildman–Crippen MR) is 72.2 cm³/mol. The van der Waals surface area contributed by atoms with Crippen LogP contribution in [-0.4, -0.2) is 20.6 Å². The van der Waals surface area contributed by atoms with E-state index in [9.17, 15) is 0 Å². The average Bonchev–Trinajstić information content (AvgIpc) is 2.28. The SMILES string of the molecule is CCc1ccc(N(C)C)c(C(C)CCN)c1. The quantitative estimate of drug-likeness (QED) is 0.826. The van der Waals surface area contributed by atoms with Gasteiger partial charge in [-0.1, -0.05) is 26.0 Å². The van der Waals surface area contributed by atoms with E-state index in [1.807, 2.05) is 0 Å². The number of nitrogens with zero attached hydrogens (tertiary/aromatic N) is 1. The Hall–Kier alpha value is -1.02. The normalized spacial score (nSPS) is 12.6. The van der Waals surface area contributed by atoms with Gasteiger partial charge in [-0.3, -0.25) is 0 Å². The van der Waals surface area contributed by atoms with Crippen molar-refractivity contribution in [3.05, 3.63) is 29.3 Å². The molecule has 1 aromatic carbocycles. The van der Waals surface area contributed by atoms with Gasteiger partial charge in [0, 0.05) is 19.8 Å². The van der Waals surface area contributed by atoms with Gasteiger partial charge in [-0.15, -0.1) is 0 Å². The molecule has 0 amide bonds. The van der Waals surface area contributed by atoms with Crippen molar-refractivity contribution in [2.45, 2.75) is 32.6 Å². The molecule has 2 heteroatoms. The third kappa shape index (κ3) is 2.99. The van der Waals surface area contributed by atoms with Gasteiger partial charge >= 0.3 is 0 Å². The van der Waals surface area contributed by atoms with Crippen molar-refractivity contribution in [3.63, 3.8) is 0 Å².